The minimum Gasteiger partial charge on any atom is -0.376 e. The van der Waals surface area contributed by atoms with Crippen molar-refractivity contribution < 1.29 is 0 Å². The van der Waals surface area contributed by atoms with E-state index < -0.39 is 0 Å². The number of rotatable bonds is 3. The van der Waals surface area contributed by atoms with Crippen LogP contribution in [-0.4, -0.2) is 20.2 Å². The molecule has 0 atom stereocenters. The summed E-state index contributed by atoms with van der Waals surface area (Å²) in [4.78, 5) is 1.39. The molecule has 1 heterocycles. The zero-order valence-corrected chi connectivity index (χ0v) is 9.81. The Bertz CT molecular complexity index is 570. The highest BCUT2D eigenvalue weighted by Gasteiger charge is 2.04. The quantitative estimate of drug-likeness (QED) is 0.887. The number of nitrogens with zero attached hydrogens (tertiary/aromatic N) is 5. The van der Waals surface area contributed by atoms with E-state index in [0.29, 0.717) is 23.0 Å². The van der Waals surface area contributed by atoms with E-state index in [1.807, 2.05) is 6.07 Å². The molecule has 0 amide bonds. The molecule has 6 nitrogen and oxygen atoms in total. The summed E-state index contributed by atoms with van der Waals surface area (Å²) in [5.41, 5.74) is 1.26. The first kappa shape index (κ1) is 11.4. The highest BCUT2D eigenvalue weighted by molar-refractivity contribution is 6.33. The van der Waals surface area contributed by atoms with Crippen LogP contribution in [0.4, 0.5) is 5.69 Å². The standard InChI is InChI=1S/C10H9ClN6/c1-17-15-10(14-16-17)6-13-9-3-2-7(5-12)4-8(9)11/h2-4,13H,6H2,1H3. The van der Waals surface area contributed by atoms with Gasteiger partial charge in [-0.05, 0) is 23.4 Å². The van der Waals surface area contributed by atoms with Gasteiger partial charge in [0, 0.05) is 0 Å². The molecular formula is C10H9ClN6. The molecule has 0 saturated carbocycles. The van der Waals surface area contributed by atoms with Gasteiger partial charge in [0.2, 0.25) is 0 Å². The van der Waals surface area contributed by atoms with Crippen molar-refractivity contribution in [3.05, 3.63) is 34.6 Å². The molecule has 0 aliphatic rings. The average Bonchev–Trinajstić information content (AvgIpc) is 2.73. The number of nitriles is 1. The van der Waals surface area contributed by atoms with Gasteiger partial charge >= 0.3 is 0 Å². The van der Waals surface area contributed by atoms with Crippen LogP contribution in [0.25, 0.3) is 0 Å². The van der Waals surface area contributed by atoms with Crippen molar-refractivity contribution in [1.82, 2.24) is 20.2 Å². The predicted molar refractivity (Wildman–Crippen MR) is 62.3 cm³/mol. The van der Waals surface area contributed by atoms with E-state index in [9.17, 15) is 0 Å². The molecule has 0 spiro atoms. The van der Waals surface area contributed by atoms with E-state index in [0.717, 1.165) is 5.69 Å². The molecule has 0 fully saturated rings. The number of tetrazole rings is 1. The molecule has 7 heteroatoms. The van der Waals surface area contributed by atoms with Gasteiger partial charge in [-0.25, -0.2) is 0 Å². The van der Waals surface area contributed by atoms with Crippen molar-refractivity contribution in [3.63, 3.8) is 0 Å². The summed E-state index contributed by atoms with van der Waals surface area (Å²) < 4.78 is 0. The van der Waals surface area contributed by atoms with Crippen LogP contribution in [0.15, 0.2) is 18.2 Å². The fourth-order valence-corrected chi connectivity index (χ4v) is 1.54. The van der Waals surface area contributed by atoms with E-state index in [1.165, 1.54) is 4.80 Å². The molecular weight excluding hydrogens is 240 g/mol. The lowest BCUT2D eigenvalue weighted by Gasteiger charge is -2.05. The molecule has 0 aliphatic carbocycles. The second-order valence-corrected chi connectivity index (χ2v) is 3.76. The van der Waals surface area contributed by atoms with E-state index in [2.05, 4.69) is 20.7 Å². The predicted octanol–water partition coefficient (Wildman–Crippen LogP) is 1.35. The number of hydrogen-bond acceptors (Lipinski definition) is 5. The number of benzene rings is 1. The number of hydrogen-bond donors (Lipinski definition) is 1. The second kappa shape index (κ2) is 4.80. The highest BCUT2D eigenvalue weighted by atomic mass is 35.5. The Morgan fingerprint density at radius 1 is 1.53 bits per heavy atom. The molecule has 86 valence electrons. The van der Waals surface area contributed by atoms with Gasteiger partial charge in [-0.1, -0.05) is 11.6 Å². The van der Waals surface area contributed by atoms with Crippen LogP contribution in [0.2, 0.25) is 5.02 Å². The zero-order chi connectivity index (χ0) is 12.3. The van der Waals surface area contributed by atoms with Crippen molar-refractivity contribution >= 4 is 17.3 Å². The normalized spacial score (nSPS) is 9.94. The largest absolute Gasteiger partial charge is 0.376 e. The second-order valence-electron chi connectivity index (χ2n) is 3.36. The highest BCUT2D eigenvalue weighted by Crippen LogP contribution is 2.22. The Morgan fingerprint density at radius 3 is 2.94 bits per heavy atom. The fourth-order valence-electron chi connectivity index (χ4n) is 1.30. The van der Waals surface area contributed by atoms with Gasteiger partial charge in [-0.3, -0.25) is 0 Å². The van der Waals surface area contributed by atoms with Crippen LogP contribution in [0.3, 0.4) is 0 Å². The van der Waals surface area contributed by atoms with Gasteiger partial charge in [-0.2, -0.15) is 10.1 Å². The van der Waals surface area contributed by atoms with Crippen molar-refractivity contribution in [3.8, 4) is 6.07 Å². The van der Waals surface area contributed by atoms with Crippen LogP contribution in [0, 0.1) is 11.3 Å². The third kappa shape index (κ3) is 2.71. The Labute approximate surface area is 103 Å². The topological polar surface area (TPSA) is 79.4 Å². The van der Waals surface area contributed by atoms with E-state index in [4.69, 9.17) is 16.9 Å². The smallest absolute Gasteiger partial charge is 0.193 e. The summed E-state index contributed by atoms with van der Waals surface area (Å²) >= 11 is 6.00. The molecule has 17 heavy (non-hydrogen) atoms. The molecule has 2 aromatic rings. The van der Waals surface area contributed by atoms with Gasteiger partial charge in [0.25, 0.3) is 0 Å². The van der Waals surface area contributed by atoms with Crippen LogP contribution in [-0.2, 0) is 13.6 Å². The van der Waals surface area contributed by atoms with Crippen molar-refractivity contribution in [2.75, 3.05) is 5.32 Å². The van der Waals surface area contributed by atoms with E-state index in [1.54, 1.807) is 25.2 Å². The van der Waals surface area contributed by atoms with E-state index >= 15 is 0 Å². The number of nitrogens with one attached hydrogen (secondary N) is 1. The molecule has 0 unspecified atom stereocenters. The summed E-state index contributed by atoms with van der Waals surface area (Å²) in [5.74, 6) is 0.577. The lowest BCUT2D eigenvalue weighted by Crippen LogP contribution is -2.02. The molecule has 2 rings (SSSR count). The lowest BCUT2D eigenvalue weighted by molar-refractivity contribution is 0.628. The Kier molecular flexibility index (Phi) is 3.21. The Morgan fingerprint density at radius 2 is 2.35 bits per heavy atom. The Hall–Kier alpha value is -2.13. The molecule has 1 N–H and O–H groups in total. The maximum absolute atomic E-state index is 8.70. The first-order chi connectivity index (χ1) is 8.19. The summed E-state index contributed by atoms with van der Waals surface area (Å²) in [6.07, 6.45) is 0. The summed E-state index contributed by atoms with van der Waals surface area (Å²) in [5, 5.41) is 23.9. The van der Waals surface area contributed by atoms with Gasteiger partial charge in [0.15, 0.2) is 5.82 Å². The first-order valence-corrected chi connectivity index (χ1v) is 5.23. The van der Waals surface area contributed by atoms with Crippen molar-refractivity contribution in [1.29, 1.82) is 5.26 Å². The average molecular weight is 249 g/mol. The monoisotopic (exact) mass is 248 g/mol. The maximum Gasteiger partial charge on any atom is 0.193 e. The number of aryl methyl sites for hydroxylation is 1. The first-order valence-electron chi connectivity index (χ1n) is 4.85. The Balaban J connectivity index is 2.07. The molecule has 0 radical (unpaired) electrons. The van der Waals surface area contributed by atoms with Crippen molar-refractivity contribution in [2.45, 2.75) is 6.54 Å². The van der Waals surface area contributed by atoms with Crippen LogP contribution >= 0.6 is 11.6 Å². The number of aromatic nitrogens is 4. The van der Waals surface area contributed by atoms with Crippen molar-refractivity contribution in [2.24, 2.45) is 7.05 Å². The van der Waals surface area contributed by atoms with Crippen LogP contribution in [0.5, 0.6) is 0 Å². The van der Waals surface area contributed by atoms with Gasteiger partial charge < -0.3 is 5.32 Å². The SMILES string of the molecule is Cn1nnc(CNc2ccc(C#N)cc2Cl)n1. The minimum absolute atomic E-state index is 0.430. The third-order valence-electron chi connectivity index (χ3n) is 2.08. The zero-order valence-electron chi connectivity index (χ0n) is 9.05. The minimum atomic E-state index is 0.430. The molecule has 0 saturated heterocycles. The van der Waals surface area contributed by atoms with Crippen LogP contribution < -0.4 is 5.32 Å². The maximum atomic E-state index is 8.70. The van der Waals surface area contributed by atoms with Gasteiger partial charge in [0.1, 0.15) is 0 Å². The molecule has 0 bridgehead atoms. The van der Waals surface area contributed by atoms with E-state index in [-0.39, 0.29) is 0 Å². The number of anilines is 1. The molecule has 1 aromatic heterocycles. The van der Waals surface area contributed by atoms with Gasteiger partial charge in [0.05, 0.1) is 35.9 Å². The van der Waals surface area contributed by atoms with Crippen LogP contribution in [0.1, 0.15) is 11.4 Å². The summed E-state index contributed by atoms with van der Waals surface area (Å²) in [6, 6.07) is 7.07. The number of halogens is 1. The summed E-state index contributed by atoms with van der Waals surface area (Å²) in [6.45, 7) is 0.430. The third-order valence-corrected chi connectivity index (χ3v) is 2.40. The lowest BCUT2D eigenvalue weighted by atomic mass is 10.2. The molecule has 1 aromatic carbocycles. The molecule has 0 aliphatic heterocycles. The fraction of sp³-hybridized carbons (Fsp3) is 0.200. The van der Waals surface area contributed by atoms with Gasteiger partial charge in [-0.15, -0.1) is 10.2 Å². The summed E-state index contributed by atoms with van der Waals surface area (Å²) in [7, 11) is 1.70.